The van der Waals surface area contributed by atoms with Crippen molar-refractivity contribution in [1.29, 1.82) is 0 Å². The number of thiophene rings is 1. The van der Waals surface area contributed by atoms with E-state index in [2.05, 4.69) is 20.9 Å². The molecule has 0 saturated carbocycles. The normalized spacial score (nSPS) is 13.2. The van der Waals surface area contributed by atoms with Crippen molar-refractivity contribution in [2.45, 2.75) is 32.9 Å². The van der Waals surface area contributed by atoms with Gasteiger partial charge in [-0.3, -0.25) is 14.2 Å². The first kappa shape index (κ1) is 17.4. The second-order valence-corrected chi connectivity index (χ2v) is 8.43. The fourth-order valence-corrected chi connectivity index (χ4v) is 5.00. The minimum absolute atomic E-state index is 0.0104. The van der Waals surface area contributed by atoms with E-state index in [-0.39, 0.29) is 11.5 Å². The Morgan fingerprint density at radius 3 is 2.92 bits per heavy atom. The molecule has 0 fully saturated rings. The summed E-state index contributed by atoms with van der Waals surface area (Å²) in [6.07, 6.45) is 1.78. The van der Waals surface area contributed by atoms with Crippen LogP contribution in [0.15, 0.2) is 33.5 Å². The van der Waals surface area contributed by atoms with Gasteiger partial charge in [0.1, 0.15) is 10.7 Å². The third-order valence-corrected chi connectivity index (χ3v) is 6.77. The lowest BCUT2D eigenvalue weighted by atomic mass is 10.2. The number of fused-ring (bicyclic) bond motifs is 2. The lowest BCUT2D eigenvalue weighted by molar-refractivity contribution is 0.0789. The summed E-state index contributed by atoms with van der Waals surface area (Å²) in [5.74, 6) is 0.759. The Hall–Kier alpha value is -1.99. The number of halogens is 1. The molecule has 1 aromatic carbocycles. The monoisotopic (exact) mass is 431 g/mol. The lowest BCUT2D eigenvalue weighted by Crippen LogP contribution is -2.26. The van der Waals surface area contributed by atoms with Gasteiger partial charge < -0.3 is 4.90 Å². The molecule has 0 spiro atoms. The molecule has 0 atom stereocenters. The highest BCUT2D eigenvalue weighted by Gasteiger charge is 2.25. The number of rotatable bonds is 3. The summed E-state index contributed by atoms with van der Waals surface area (Å²) >= 11 is 4.85. The highest BCUT2D eigenvalue weighted by atomic mass is 79.9. The lowest BCUT2D eigenvalue weighted by Gasteiger charge is -2.17. The SMILES string of the molecule is Cc1c(C(=O)N(C)Cc2ccccc2Br)sc2nc3n(c(=O)c12)CCC3. The summed E-state index contributed by atoms with van der Waals surface area (Å²) < 4.78 is 2.73. The van der Waals surface area contributed by atoms with Gasteiger partial charge in [0.25, 0.3) is 11.5 Å². The Morgan fingerprint density at radius 1 is 1.38 bits per heavy atom. The first-order valence-corrected chi connectivity index (χ1v) is 10.1. The highest BCUT2D eigenvalue weighted by Crippen LogP contribution is 2.30. The Labute approximate surface area is 163 Å². The van der Waals surface area contributed by atoms with E-state index in [9.17, 15) is 9.59 Å². The number of aromatic nitrogens is 2. The number of benzene rings is 1. The van der Waals surface area contributed by atoms with Crippen molar-refractivity contribution in [2.24, 2.45) is 0 Å². The van der Waals surface area contributed by atoms with E-state index in [1.165, 1.54) is 11.3 Å². The van der Waals surface area contributed by atoms with E-state index < -0.39 is 0 Å². The van der Waals surface area contributed by atoms with Gasteiger partial charge in [0.05, 0.1) is 10.3 Å². The predicted molar refractivity (Wildman–Crippen MR) is 107 cm³/mol. The van der Waals surface area contributed by atoms with Crippen molar-refractivity contribution >= 4 is 43.4 Å². The topological polar surface area (TPSA) is 55.2 Å². The zero-order valence-corrected chi connectivity index (χ0v) is 17.0. The largest absolute Gasteiger partial charge is 0.337 e. The maximum Gasteiger partial charge on any atom is 0.264 e. The molecule has 0 bridgehead atoms. The maximum absolute atomic E-state index is 13.0. The molecular formula is C19H18BrN3O2S. The molecule has 2 aromatic heterocycles. The van der Waals surface area contributed by atoms with E-state index in [1.54, 1.807) is 16.5 Å². The van der Waals surface area contributed by atoms with E-state index in [4.69, 9.17) is 0 Å². The Balaban J connectivity index is 1.71. The molecule has 7 heteroatoms. The summed E-state index contributed by atoms with van der Waals surface area (Å²) in [7, 11) is 1.78. The molecular weight excluding hydrogens is 414 g/mol. The second kappa shape index (κ2) is 6.63. The zero-order chi connectivity index (χ0) is 18.4. The van der Waals surface area contributed by atoms with Crippen molar-refractivity contribution in [3.8, 4) is 0 Å². The van der Waals surface area contributed by atoms with E-state index >= 15 is 0 Å². The average Bonchev–Trinajstić information content (AvgIpc) is 3.21. The molecule has 3 aromatic rings. The summed E-state index contributed by atoms with van der Waals surface area (Å²) in [5, 5.41) is 0.596. The minimum atomic E-state index is -0.0780. The number of hydrogen-bond acceptors (Lipinski definition) is 4. The van der Waals surface area contributed by atoms with Gasteiger partial charge in [-0.05, 0) is 30.5 Å². The van der Waals surface area contributed by atoms with Crippen LogP contribution in [0, 0.1) is 6.92 Å². The van der Waals surface area contributed by atoms with Gasteiger partial charge in [0, 0.05) is 31.0 Å². The predicted octanol–water partition coefficient (Wildman–Crippen LogP) is 3.75. The third-order valence-electron chi connectivity index (χ3n) is 4.82. The number of aryl methyl sites for hydroxylation is 2. The standard InChI is InChI=1S/C19H18BrN3O2S/c1-11-15-17(21-14-8-5-9-23(14)18(15)24)26-16(11)19(25)22(2)10-12-6-3-4-7-13(12)20/h3-4,6-7H,5,8-10H2,1-2H3. The van der Waals surface area contributed by atoms with Crippen molar-refractivity contribution < 1.29 is 4.79 Å². The van der Waals surface area contributed by atoms with Crippen LogP contribution in [0.25, 0.3) is 10.2 Å². The quantitative estimate of drug-likeness (QED) is 0.634. The maximum atomic E-state index is 13.0. The fourth-order valence-electron chi connectivity index (χ4n) is 3.41. The van der Waals surface area contributed by atoms with Crippen LogP contribution in [0.5, 0.6) is 0 Å². The first-order valence-electron chi connectivity index (χ1n) is 8.49. The molecule has 0 unspecified atom stereocenters. The number of carbonyl (C=O) groups is 1. The fraction of sp³-hybridized carbons (Fsp3) is 0.316. The Bertz CT molecular complexity index is 1090. The van der Waals surface area contributed by atoms with Crippen LogP contribution in [0.2, 0.25) is 0 Å². The molecule has 26 heavy (non-hydrogen) atoms. The van der Waals surface area contributed by atoms with Crippen LogP contribution < -0.4 is 5.56 Å². The van der Waals surface area contributed by atoms with Crippen LogP contribution in [-0.2, 0) is 19.5 Å². The van der Waals surface area contributed by atoms with Crippen molar-refractivity contribution in [1.82, 2.24) is 14.5 Å². The molecule has 1 aliphatic rings. The summed E-state index contributed by atoms with van der Waals surface area (Å²) in [4.78, 5) is 33.4. The van der Waals surface area contributed by atoms with Crippen LogP contribution in [0.4, 0.5) is 0 Å². The van der Waals surface area contributed by atoms with E-state index in [0.717, 1.165) is 40.8 Å². The van der Waals surface area contributed by atoms with Crippen LogP contribution in [-0.4, -0.2) is 27.4 Å². The van der Waals surface area contributed by atoms with Gasteiger partial charge in [0.15, 0.2) is 0 Å². The molecule has 0 aliphatic carbocycles. The molecule has 0 saturated heterocycles. The van der Waals surface area contributed by atoms with Crippen LogP contribution >= 0.6 is 27.3 Å². The molecule has 0 radical (unpaired) electrons. The molecule has 3 heterocycles. The second-order valence-electron chi connectivity index (χ2n) is 6.58. The van der Waals surface area contributed by atoms with Gasteiger partial charge in [-0.15, -0.1) is 11.3 Å². The van der Waals surface area contributed by atoms with Gasteiger partial charge >= 0.3 is 0 Å². The van der Waals surface area contributed by atoms with Crippen LogP contribution in [0.3, 0.4) is 0 Å². The van der Waals surface area contributed by atoms with Crippen molar-refractivity contribution in [2.75, 3.05) is 7.05 Å². The highest BCUT2D eigenvalue weighted by molar-refractivity contribution is 9.10. The number of carbonyl (C=O) groups excluding carboxylic acids is 1. The summed E-state index contributed by atoms with van der Waals surface area (Å²) in [6, 6.07) is 7.86. The van der Waals surface area contributed by atoms with Crippen molar-refractivity contribution in [3.63, 3.8) is 0 Å². The number of amides is 1. The van der Waals surface area contributed by atoms with E-state index in [0.29, 0.717) is 21.6 Å². The molecule has 4 rings (SSSR count). The number of hydrogen-bond donors (Lipinski definition) is 0. The Kier molecular flexibility index (Phi) is 4.44. The van der Waals surface area contributed by atoms with Gasteiger partial charge in [-0.2, -0.15) is 0 Å². The van der Waals surface area contributed by atoms with E-state index in [1.807, 2.05) is 31.2 Å². The Morgan fingerprint density at radius 2 is 2.15 bits per heavy atom. The third kappa shape index (κ3) is 2.79. The molecule has 1 aliphatic heterocycles. The minimum Gasteiger partial charge on any atom is -0.337 e. The van der Waals surface area contributed by atoms with Crippen molar-refractivity contribution in [3.05, 3.63) is 60.9 Å². The summed E-state index contributed by atoms with van der Waals surface area (Å²) in [5.41, 5.74) is 1.77. The number of nitrogens with zero attached hydrogens (tertiary/aromatic N) is 3. The van der Waals surface area contributed by atoms with Gasteiger partial charge in [-0.1, -0.05) is 34.1 Å². The summed E-state index contributed by atoms with van der Waals surface area (Å²) in [6.45, 7) is 3.07. The molecule has 1 amide bonds. The molecule has 5 nitrogen and oxygen atoms in total. The van der Waals surface area contributed by atoms with Gasteiger partial charge in [0.2, 0.25) is 0 Å². The smallest absolute Gasteiger partial charge is 0.264 e. The van der Waals surface area contributed by atoms with Crippen LogP contribution in [0.1, 0.15) is 33.0 Å². The first-order chi connectivity index (χ1) is 12.5. The molecule has 0 N–H and O–H groups in total. The molecule has 134 valence electrons. The average molecular weight is 432 g/mol. The van der Waals surface area contributed by atoms with Gasteiger partial charge in [-0.25, -0.2) is 4.98 Å². The zero-order valence-electron chi connectivity index (χ0n) is 14.6.